The van der Waals surface area contributed by atoms with Gasteiger partial charge in [-0.05, 0) is 38.1 Å². The highest BCUT2D eigenvalue weighted by Crippen LogP contribution is 2.22. The van der Waals surface area contributed by atoms with Crippen LogP contribution in [0.3, 0.4) is 0 Å². The largest absolute Gasteiger partial charge is 0.329 e. The average molecular weight is 277 g/mol. The number of unbranched alkanes of at least 4 members (excludes halogenated alkanes) is 4. The summed E-state index contributed by atoms with van der Waals surface area (Å²) in [4.78, 5) is 6.46. The molecule has 3 nitrogen and oxygen atoms in total. The highest BCUT2D eigenvalue weighted by atomic mass is 15.2. The molecule has 1 aromatic rings. The molecule has 0 amide bonds. The highest BCUT2D eigenvalue weighted by molar-refractivity contribution is 5.10. The van der Waals surface area contributed by atoms with Crippen molar-refractivity contribution < 1.29 is 0 Å². The molecule has 20 heavy (non-hydrogen) atoms. The first-order valence-corrected chi connectivity index (χ1v) is 7.92. The molecular formula is C17H31N3. The van der Waals surface area contributed by atoms with Gasteiger partial charge in [0.05, 0.1) is 0 Å². The van der Waals surface area contributed by atoms with Crippen molar-refractivity contribution in [2.24, 2.45) is 5.73 Å². The Hall–Kier alpha value is -0.930. The van der Waals surface area contributed by atoms with Crippen LogP contribution < -0.4 is 5.73 Å². The average Bonchev–Trinajstić information content (AvgIpc) is 2.47. The fraction of sp³-hybridized carbons (Fsp3) is 0.706. The van der Waals surface area contributed by atoms with Crippen molar-refractivity contribution in [2.75, 3.05) is 13.6 Å². The number of hydrogen-bond acceptors (Lipinski definition) is 3. The van der Waals surface area contributed by atoms with E-state index in [9.17, 15) is 0 Å². The molecule has 0 saturated carbocycles. The summed E-state index contributed by atoms with van der Waals surface area (Å²) in [5.74, 6) is 0. The van der Waals surface area contributed by atoms with Crippen LogP contribution in [0.15, 0.2) is 24.5 Å². The van der Waals surface area contributed by atoms with E-state index in [1.165, 1.54) is 44.1 Å². The maximum atomic E-state index is 6.05. The van der Waals surface area contributed by atoms with Gasteiger partial charge >= 0.3 is 0 Å². The van der Waals surface area contributed by atoms with E-state index < -0.39 is 0 Å². The summed E-state index contributed by atoms with van der Waals surface area (Å²) in [5.41, 5.74) is 7.44. The van der Waals surface area contributed by atoms with Crippen LogP contribution >= 0.6 is 0 Å². The normalized spacial score (nSPS) is 14.4. The number of nitrogens with zero attached hydrogens (tertiary/aromatic N) is 2. The number of likely N-dealkylation sites (N-methyl/N-ethyl adjacent to an activating group) is 1. The van der Waals surface area contributed by atoms with Gasteiger partial charge in [-0.3, -0.25) is 9.88 Å². The Morgan fingerprint density at radius 2 is 1.80 bits per heavy atom. The predicted octanol–water partition coefficient (Wildman–Crippen LogP) is 3.59. The Labute approximate surface area is 124 Å². The molecule has 0 aliphatic rings. The lowest BCUT2D eigenvalue weighted by Gasteiger charge is -2.38. The third kappa shape index (κ3) is 5.59. The zero-order valence-electron chi connectivity index (χ0n) is 13.4. The van der Waals surface area contributed by atoms with Gasteiger partial charge in [-0.1, -0.05) is 39.0 Å². The van der Waals surface area contributed by atoms with E-state index in [0.717, 1.165) is 6.54 Å². The lowest BCUT2D eigenvalue weighted by molar-refractivity contribution is 0.122. The van der Waals surface area contributed by atoms with E-state index >= 15 is 0 Å². The molecule has 0 bridgehead atoms. The SMILES string of the molecule is CCCCCCCC(C)(CN)N(C)Cc1ccncc1. The van der Waals surface area contributed by atoms with Crippen molar-refractivity contribution in [1.29, 1.82) is 0 Å². The van der Waals surface area contributed by atoms with Crippen LogP contribution in [0.5, 0.6) is 0 Å². The fourth-order valence-electron chi connectivity index (χ4n) is 2.51. The molecule has 0 radical (unpaired) electrons. The number of aromatic nitrogens is 1. The molecule has 1 rings (SSSR count). The molecule has 0 aliphatic carbocycles. The summed E-state index contributed by atoms with van der Waals surface area (Å²) in [6, 6.07) is 4.16. The van der Waals surface area contributed by atoms with Crippen LogP contribution in [0.1, 0.15) is 57.9 Å². The van der Waals surface area contributed by atoms with Crippen molar-refractivity contribution >= 4 is 0 Å². The fourth-order valence-corrected chi connectivity index (χ4v) is 2.51. The maximum Gasteiger partial charge on any atom is 0.0304 e. The summed E-state index contributed by atoms with van der Waals surface area (Å²) >= 11 is 0. The van der Waals surface area contributed by atoms with E-state index in [1.54, 1.807) is 0 Å². The molecule has 2 N–H and O–H groups in total. The van der Waals surface area contributed by atoms with Crippen LogP contribution in [0, 0.1) is 0 Å². The van der Waals surface area contributed by atoms with Gasteiger partial charge in [0.2, 0.25) is 0 Å². The van der Waals surface area contributed by atoms with Crippen molar-refractivity contribution in [3.63, 3.8) is 0 Å². The van der Waals surface area contributed by atoms with E-state index in [2.05, 4.69) is 42.9 Å². The predicted molar refractivity (Wildman–Crippen MR) is 86.5 cm³/mol. The van der Waals surface area contributed by atoms with Crippen molar-refractivity contribution in [3.05, 3.63) is 30.1 Å². The number of pyridine rings is 1. The Morgan fingerprint density at radius 1 is 1.15 bits per heavy atom. The van der Waals surface area contributed by atoms with Crippen LogP contribution in [-0.4, -0.2) is 29.0 Å². The molecule has 0 aliphatic heterocycles. The molecule has 1 unspecified atom stereocenters. The maximum absolute atomic E-state index is 6.05. The Morgan fingerprint density at radius 3 is 2.40 bits per heavy atom. The van der Waals surface area contributed by atoms with Crippen LogP contribution in [0.4, 0.5) is 0 Å². The Kier molecular flexibility index (Phi) is 7.78. The minimum Gasteiger partial charge on any atom is -0.329 e. The Balaban J connectivity index is 2.45. The number of hydrogen-bond donors (Lipinski definition) is 1. The minimum atomic E-state index is 0.0927. The topological polar surface area (TPSA) is 42.1 Å². The first-order chi connectivity index (χ1) is 9.62. The van der Waals surface area contributed by atoms with Gasteiger partial charge in [-0.25, -0.2) is 0 Å². The standard InChI is InChI=1S/C17H31N3/c1-4-5-6-7-8-11-17(2,15-18)20(3)14-16-9-12-19-13-10-16/h9-10,12-13H,4-8,11,14-15,18H2,1-3H3. The van der Waals surface area contributed by atoms with Crippen LogP contribution in [-0.2, 0) is 6.54 Å². The summed E-state index contributed by atoms with van der Waals surface area (Å²) in [5, 5.41) is 0. The lowest BCUT2D eigenvalue weighted by atomic mass is 9.92. The van der Waals surface area contributed by atoms with Gasteiger partial charge in [0, 0.05) is 31.0 Å². The molecule has 0 spiro atoms. The second kappa shape index (κ2) is 9.09. The first kappa shape index (κ1) is 17.1. The summed E-state index contributed by atoms with van der Waals surface area (Å²) in [6.07, 6.45) is 11.5. The van der Waals surface area contributed by atoms with Crippen LogP contribution in [0.2, 0.25) is 0 Å². The molecule has 1 aromatic heterocycles. The van der Waals surface area contributed by atoms with E-state index in [0.29, 0.717) is 6.54 Å². The Bertz CT molecular complexity index is 353. The first-order valence-electron chi connectivity index (χ1n) is 7.92. The molecule has 1 heterocycles. The smallest absolute Gasteiger partial charge is 0.0304 e. The molecule has 3 heteroatoms. The zero-order valence-corrected chi connectivity index (χ0v) is 13.4. The summed E-state index contributed by atoms with van der Waals surface area (Å²) in [7, 11) is 2.18. The highest BCUT2D eigenvalue weighted by Gasteiger charge is 2.26. The van der Waals surface area contributed by atoms with Crippen molar-refractivity contribution in [3.8, 4) is 0 Å². The molecular weight excluding hydrogens is 246 g/mol. The van der Waals surface area contributed by atoms with Gasteiger partial charge in [-0.2, -0.15) is 0 Å². The van der Waals surface area contributed by atoms with Crippen LogP contribution in [0.25, 0.3) is 0 Å². The van der Waals surface area contributed by atoms with Gasteiger partial charge in [0.1, 0.15) is 0 Å². The second-order valence-corrected chi connectivity index (χ2v) is 6.08. The van der Waals surface area contributed by atoms with Gasteiger partial charge in [0.25, 0.3) is 0 Å². The number of nitrogens with two attached hydrogens (primary N) is 1. The number of rotatable bonds is 10. The van der Waals surface area contributed by atoms with E-state index in [4.69, 9.17) is 5.73 Å². The van der Waals surface area contributed by atoms with Gasteiger partial charge < -0.3 is 5.73 Å². The van der Waals surface area contributed by atoms with Gasteiger partial charge in [0.15, 0.2) is 0 Å². The van der Waals surface area contributed by atoms with Gasteiger partial charge in [-0.15, -0.1) is 0 Å². The third-order valence-corrected chi connectivity index (χ3v) is 4.35. The molecule has 114 valence electrons. The quantitative estimate of drug-likeness (QED) is 0.665. The zero-order chi connectivity index (χ0) is 14.8. The molecule has 0 saturated heterocycles. The lowest BCUT2D eigenvalue weighted by Crippen LogP contribution is -2.49. The van der Waals surface area contributed by atoms with Crippen molar-refractivity contribution in [1.82, 2.24) is 9.88 Å². The van der Waals surface area contributed by atoms with E-state index in [1.807, 2.05) is 12.4 Å². The molecule has 1 atom stereocenters. The second-order valence-electron chi connectivity index (χ2n) is 6.08. The third-order valence-electron chi connectivity index (χ3n) is 4.35. The monoisotopic (exact) mass is 277 g/mol. The minimum absolute atomic E-state index is 0.0927. The summed E-state index contributed by atoms with van der Waals surface area (Å²) in [6.45, 7) is 6.19. The molecule has 0 fully saturated rings. The van der Waals surface area contributed by atoms with Crippen molar-refractivity contribution in [2.45, 2.75) is 64.5 Å². The van der Waals surface area contributed by atoms with E-state index in [-0.39, 0.29) is 5.54 Å². The molecule has 0 aromatic carbocycles. The summed E-state index contributed by atoms with van der Waals surface area (Å²) < 4.78 is 0.